The number of aromatic nitrogens is 2. The SMILES string of the molecule is CCn1c(C)cc(CNc2ccc3[nH]ccc3c2)c1C. The summed E-state index contributed by atoms with van der Waals surface area (Å²) in [6.07, 6.45) is 1.98. The zero-order chi connectivity index (χ0) is 14.1. The Labute approximate surface area is 119 Å². The summed E-state index contributed by atoms with van der Waals surface area (Å²) in [5.41, 5.74) is 6.42. The van der Waals surface area contributed by atoms with Gasteiger partial charge >= 0.3 is 0 Å². The zero-order valence-electron chi connectivity index (χ0n) is 12.3. The van der Waals surface area contributed by atoms with Gasteiger partial charge in [0.2, 0.25) is 0 Å². The van der Waals surface area contributed by atoms with Crippen LogP contribution < -0.4 is 5.32 Å². The second-order valence-corrected chi connectivity index (χ2v) is 5.27. The normalized spacial score (nSPS) is 11.2. The maximum atomic E-state index is 3.52. The van der Waals surface area contributed by atoms with Gasteiger partial charge in [0.1, 0.15) is 0 Å². The Hall–Kier alpha value is -2.16. The van der Waals surface area contributed by atoms with Gasteiger partial charge in [0, 0.05) is 47.3 Å². The molecule has 0 aliphatic heterocycles. The first-order chi connectivity index (χ1) is 9.69. The smallest absolute Gasteiger partial charge is 0.0455 e. The largest absolute Gasteiger partial charge is 0.381 e. The van der Waals surface area contributed by atoms with Crippen molar-refractivity contribution in [3.63, 3.8) is 0 Å². The van der Waals surface area contributed by atoms with Gasteiger partial charge in [-0.25, -0.2) is 0 Å². The molecule has 3 rings (SSSR count). The van der Waals surface area contributed by atoms with Crippen molar-refractivity contribution < 1.29 is 0 Å². The van der Waals surface area contributed by atoms with Crippen LogP contribution in [-0.4, -0.2) is 9.55 Å². The molecule has 0 bridgehead atoms. The minimum atomic E-state index is 0.871. The quantitative estimate of drug-likeness (QED) is 0.729. The Morgan fingerprint density at radius 1 is 1.15 bits per heavy atom. The molecule has 1 aromatic carbocycles. The highest BCUT2D eigenvalue weighted by Gasteiger charge is 2.07. The molecule has 0 saturated heterocycles. The lowest BCUT2D eigenvalue weighted by Crippen LogP contribution is -2.03. The van der Waals surface area contributed by atoms with Gasteiger partial charge in [0.15, 0.2) is 0 Å². The number of rotatable bonds is 4. The molecular weight excluding hydrogens is 246 g/mol. The molecule has 0 spiro atoms. The molecule has 0 aliphatic rings. The van der Waals surface area contributed by atoms with E-state index in [-0.39, 0.29) is 0 Å². The summed E-state index contributed by atoms with van der Waals surface area (Å²) in [5, 5.41) is 4.77. The first-order valence-corrected chi connectivity index (χ1v) is 7.15. The number of anilines is 1. The molecule has 2 N–H and O–H groups in total. The molecule has 0 saturated carbocycles. The van der Waals surface area contributed by atoms with Gasteiger partial charge in [-0.1, -0.05) is 0 Å². The van der Waals surface area contributed by atoms with Gasteiger partial charge in [-0.2, -0.15) is 0 Å². The van der Waals surface area contributed by atoms with E-state index in [1.54, 1.807) is 0 Å². The van der Waals surface area contributed by atoms with Crippen LogP contribution in [0.2, 0.25) is 0 Å². The van der Waals surface area contributed by atoms with E-state index in [0.29, 0.717) is 0 Å². The molecule has 3 nitrogen and oxygen atoms in total. The topological polar surface area (TPSA) is 32.8 Å². The van der Waals surface area contributed by atoms with Gasteiger partial charge in [0.05, 0.1) is 0 Å². The Morgan fingerprint density at radius 2 is 2.00 bits per heavy atom. The highest BCUT2D eigenvalue weighted by atomic mass is 15.0. The maximum Gasteiger partial charge on any atom is 0.0455 e. The summed E-state index contributed by atoms with van der Waals surface area (Å²) >= 11 is 0. The number of nitrogens with one attached hydrogen (secondary N) is 2. The number of aryl methyl sites for hydroxylation is 1. The minimum Gasteiger partial charge on any atom is -0.381 e. The van der Waals surface area contributed by atoms with E-state index in [1.165, 1.54) is 33.5 Å². The number of nitrogens with zero attached hydrogens (tertiary/aromatic N) is 1. The minimum absolute atomic E-state index is 0.871. The van der Waals surface area contributed by atoms with Crippen molar-refractivity contribution in [1.29, 1.82) is 0 Å². The average molecular weight is 267 g/mol. The van der Waals surface area contributed by atoms with Gasteiger partial charge in [-0.3, -0.25) is 0 Å². The van der Waals surface area contributed by atoms with E-state index in [0.717, 1.165) is 13.1 Å². The van der Waals surface area contributed by atoms with E-state index < -0.39 is 0 Å². The fraction of sp³-hybridized carbons (Fsp3) is 0.294. The molecule has 20 heavy (non-hydrogen) atoms. The molecule has 0 atom stereocenters. The van der Waals surface area contributed by atoms with Crippen molar-refractivity contribution in [3.05, 3.63) is 53.5 Å². The second kappa shape index (κ2) is 5.08. The second-order valence-electron chi connectivity index (χ2n) is 5.27. The van der Waals surface area contributed by atoms with Crippen LogP contribution in [0, 0.1) is 13.8 Å². The molecule has 0 aliphatic carbocycles. The van der Waals surface area contributed by atoms with Crippen LogP contribution in [0.1, 0.15) is 23.9 Å². The molecule has 0 amide bonds. The van der Waals surface area contributed by atoms with E-state index in [4.69, 9.17) is 0 Å². The summed E-state index contributed by atoms with van der Waals surface area (Å²) < 4.78 is 2.35. The molecular formula is C17H21N3. The van der Waals surface area contributed by atoms with Gasteiger partial charge < -0.3 is 14.9 Å². The molecule has 2 heterocycles. The van der Waals surface area contributed by atoms with Crippen molar-refractivity contribution in [2.45, 2.75) is 33.9 Å². The number of hydrogen-bond donors (Lipinski definition) is 2. The Morgan fingerprint density at radius 3 is 2.75 bits per heavy atom. The summed E-state index contributed by atoms with van der Waals surface area (Å²) in [6.45, 7) is 8.47. The van der Waals surface area contributed by atoms with Crippen molar-refractivity contribution in [2.24, 2.45) is 0 Å². The van der Waals surface area contributed by atoms with Crippen molar-refractivity contribution >= 4 is 16.6 Å². The fourth-order valence-corrected chi connectivity index (χ4v) is 2.90. The average Bonchev–Trinajstić information content (AvgIpc) is 3.00. The third-order valence-electron chi connectivity index (χ3n) is 4.03. The fourth-order valence-electron chi connectivity index (χ4n) is 2.90. The van der Waals surface area contributed by atoms with E-state index in [9.17, 15) is 0 Å². The van der Waals surface area contributed by atoms with E-state index in [2.05, 4.69) is 66.0 Å². The molecule has 0 radical (unpaired) electrons. The number of H-pyrrole nitrogens is 1. The molecule has 0 fully saturated rings. The molecule has 3 heteroatoms. The monoisotopic (exact) mass is 267 g/mol. The van der Waals surface area contributed by atoms with Crippen LogP contribution in [0.5, 0.6) is 0 Å². The third kappa shape index (κ3) is 2.20. The lowest BCUT2D eigenvalue weighted by Gasteiger charge is -2.08. The van der Waals surface area contributed by atoms with Crippen LogP contribution >= 0.6 is 0 Å². The van der Waals surface area contributed by atoms with Crippen LogP contribution in [-0.2, 0) is 13.1 Å². The van der Waals surface area contributed by atoms with Gasteiger partial charge in [0.25, 0.3) is 0 Å². The Bertz CT molecular complexity index is 734. The first kappa shape index (κ1) is 12.9. The van der Waals surface area contributed by atoms with Crippen LogP contribution in [0.25, 0.3) is 10.9 Å². The lowest BCUT2D eigenvalue weighted by molar-refractivity contribution is 0.715. The first-order valence-electron chi connectivity index (χ1n) is 7.15. The summed E-state index contributed by atoms with van der Waals surface area (Å²) in [7, 11) is 0. The molecule has 0 unspecified atom stereocenters. The molecule has 104 valence electrons. The highest BCUT2D eigenvalue weighted by Crippen LogP contribution is 2.20. The zero-order valence-corrected chi connectivity index (χ0v) is 12.3. The Kier molecular flexibility index (Phi) is 3.26. The number of hydrogen-bond acceptors (Lipinski definition) is 1. The molecule has 2 aromatic heterocycles. The van der Waals surface area contributed by atoms with Crippen molar-refractivity contribution in [1.82, 2.24) is 9.55 Å². The predicted octanol–water partition coefficient (Wildman–Crippen LogP) is 4.22. The van der Waals surface area contributed by atoms with Crippen LogP contribution in [0.3, 0.4) is 0 Å². The van der Waals surface area contributed by atoms with Gasteiger partial charge in [-0.15, -0.1) is 0 Å². The predicted molar refractivity (Wildman–Crippen MR) is 85.2 cm³/mol. The Balaban J connectivity index is 1.78. The lowest BCUT2D eigenvalue weighted by atomic mass is 10.2. The number of benzene rings is 1. The van der Waals surface area contributed by atoms with Crippen molar-refractivity contribution in [2.75, 3.05) is 5.32 Å². The number of fused-ring (bicyclic) bond motifs is 1. The highest BCUT2D eigenvalue weighted by molar-refractivity contribution is 5.82. The third-order valence-corrected chi connectivity index (χ3v) is 4.03. The van der Waals surface area contributed by atoms with Crippen LogP contribution in [0.4, 0.5) is 5.69 Å². The summed E-state index contributed by atoms with van der Waals surface area (Å²) in [6, 6.07) is 10.8. The van der Waals surface area contributed by atoms with E-state index in [1.807, 2.05) is 6.20 Å². The summed E-state index contributed by atoms with van der Waals surface area (Å²) in [5.74, 6) is 0. The number of aromatic amines is 1. The van der Waals surface area contributed by atoms with Gasteiger partial charge in [-0.05, 0) is 56.7 Å². The van der Waals surface area contributed by atoms with Crippen molar-refractivity contribution in [3.8, 4) is 0 Å². The maximum absolute atomic E-state index is 3.52. The summed E-state index contributed by atoms with van der Waals surface area (Å²) in [4.78, 5) is 3.22. The standard InChI is InChI=1S/C17H21N3/c1-4-20-12(2)9-15(13(20)3)11-19-16-5-6-17-14(10-16)7-8-18-17/h5-10,18-19H,4,11H2,1-3H3. The molecule has 3 aromatic rings. The van der Waals surface area contributed by atoms with E-state index >= 15 is 0 Å². The van der Waals surface area contributed by atoms with Crippen LogP contribution in [0.15, 0.2) is 36.5 Å².